The van der Waals surface area contributed by atoms with Crippen molar-refractivity contribution in [1.82, 2.24) is 4.98 Å². The lowest BCUT2D eigenvalue weighted by Crippen LogP contribution is -2.05. The quantitative estimate of drug-likeness (QED) is 0.744. The number of methoxy groups -OCH3 is 2. The van der Waals surface area contributed by atoms with Crippen LogP contribution in [0.5, 0.6) is 11.5 Å². The third-order valence-corrected chi connectivity index (χ3v) is 4.92. The lowest BCUT2D eigenvalue weighted by molar-refractivity contribution is 0.0698. The number of rotatable bonds is 4. The first-order valence-electron chi connectivity index (χ1n) is 8.71. The smallest absolute Gasteiger partial charge is 0.336 e. The number of pyridine rings is 1. The van der Waals surface area contributed by atoms with Gasteiger partial charge in [0.15, 0.2) is 11.5 Å². The van der Waals surface area contributed by atoms with E-state index >= 15 is 0 Å². The van der Waals surface area contributed by atoms with E-state index in [0.717, 1.165) is 28.8 Å². The van der Waals surface area contributed by atoms with Crippen LogP contribution < -0.4 is 9.47 Å². The summed E-state index contributed by atoms with van der Waals surface area (Å²) in [6.07, 6.45) is 3.41. The van der Waals surface area contributed by atoms with Gasteiger partial charge in [0.1, 0.15) is 0 Å². The van der Waals surface area contributed by atoms with E-state index in [-0.39, 0.29) is 0 Å². The molecule has 0 radical (unpaired) electrons. The zero-order valence-corrected chi connectivity index (χ0v) is 15.2. The first-order valence-corrected chi connectivity index (χ1v) is 8.71. The van der Waals surface area contributed by atoms with Crippen molar-refractivity contribution in [1.29, 1.82) is 0 Å². The van der Waals surface area contributed by atoms with Crippen LogP contribution in [0.1, 0.15) is 33.6 Å². The van der Waals surface area contributed by atoms with Gasteiger partial charge in [-0.25, -0.2) is 9.78 Å². The van der Waals surface area contributed by atoms with E-state index in [0.29, 0.717) is 34.4 Å². The molecule has 0 amide bonds. The Hall–Kier alpha value is -3.34. The lowest BCUT2D eigenvalue weighted by atomic mass is 10.0. The van der Waals surface area contributed by atoms with Crippen LogP contribution in [0.15, 0.2) is 42.5 Å². The van der Waals surface area contributed by atoms with Gasteiger partial charge in [-0.05, 0) is 42.2 Å². The molecule has 0 saturated carbocycles. The Labute approximate surface area is 156 Å². The van der Waals surface area contributed by atoms with Crippen LogP contribution in [-0.2, 0) is 6.42 Å². The molecule has 27 heavy (non-hydrogen) atoms. The van der Waals surface area contributed by atoms with Gasteiger partial charge < -0.3 is 14.6 Å². The maximum absolute atomic E-state index is 11.9. The minimum absolute atomic E-state index is 0.358. The summed E-state index contributed by atoms with van der Waals surface area (Å²) in [5, 5.41) is 10.5. The van der Waals surface area contributed by atoms with Crippen molar-refractivity contribution < 1.29 is 19.4 Å². The standard InChI is InChI=1S/C22H19NO4/c1-26-18-9-5-6-14(21(18)27-2)12-13-10-11-16-19(22(24)25)15-7-3-4-8-17(15)23-20(13)16/h3-9,12H,10-11H2,1-2H3,(H,24,25). The Balaban J connectivity index is 1.92. The fourth-order valence-electron chi connectivity index (χ4n) is 3.74. The molecule has 1 aliphatic carbocycles. The molecule has 0 fully saturated rings. The van der Waals surface area contributed by atoms with Crippen LogP contribution in [0.4, 0.5) is 0 Å². The molecule has 0 bridgehead atoms. The van der Waals surface area contributed by atoms with Crippen molar-refractivity contribution in [2.45, 2.75) is 12.8 Å². The molecule has 0 unspecified atom stereocenters. The van der Waals surface area contributed by atoms with Crippen LogP contribution in [0, 0.1) is 0 Å². The van der Waals surface area contributed by atoms with Gasteiger partial charge in [0.25, 0.3) is 0 Å². The molecule has 0 spiro atoms. The number of aromatic nitrogens is 1. The SMILES string of the molecule is COc1cccc(C=C2CCc3c2nc2ccccc2c3C(=O)O)c1OC. The Kier molecular flexibility index (Phi) is 4.28. The number of hydrogen-bond acceptors (Lipinski definition) is 4. The highest BCUT2D eigenvalue weighted by Gasteiger charge is 2.26. The molecule has 136 valence electrons. The molecule has 3 aromatic rings. The largest absolute Gasteiger partial charge is 0.493 e. The average Bonchev–Trinajstić information content (AvgIpc) is 3.07. The van der Waals surface area contributed by atoms with Crippen LogP contribution in [-0.4, -0.2) is 30.3 Å². The molecule has 1 aliphatic rings. The number of para-hydroxylation sites is 2. The van der Waals surface area contributed by atoms with E-state index in [2.05, 4.69) is 0 Å². The summed E-state index contributed by atoms with van der Waals surface area (Å²) in [5.41, 5.74) is 4.50. The van der Waals surface area contributed by atoms with Crippen LogP contribution >= 0.6 is 0 Å². The summed E-state index contributed by atoms with van der Waals surface area (Å²) in [5.74, 6) is 0.396. The number of carboxylic acid groups (broad SMARTS) is 1. The fourth-order valence-corrected chi connectivity index (χ4v) is 3.74. The summed E-state index contributed by atoms with van der Waals surface area (Å²) in [6.45, 7) is 0. The molecule has 5 nitrogen and oxygen atoms in total. The minimum Gasteiger partial charge on any atom is -0.493 e. The second-order valence-corrected chi connectivity index (χ2v) is 6.39. The van der Waals surface area contributed by atoms with Crippen molar-refractivity contribution in [2.24, 2.45) is 0 Å². The van der Waals surface area contributed by atoms with Gasteiger partial charge in [-0.15, -0.1) is 0 Å². The summed E-state index contributed by atoms with van der Waals surface area (Å²) < 4.78 is 10.9. The number of nitrogens with zero attached hydrogens (tertiary/aromatic N) is 1. The Morgan fingerprint density at radius 3 is 2.63 bits per heavy atom. The monoisotopic (exact) mass is 361 g/mol. The molecule has 4 rings (SSSR count). The highest BCUT2D eigenvalue weighted by Crippen LogP contribution is 2.40. The fraction of sp³-hybridized carbons (Fsp3) is 0.182. The summed E-state index contributed by atoms with van der Waals surface area (Å²) >= 11 is 0. The van der Waals surface area contributed by atoms with Crippen molar-refractivity contribution in [2.75, 3.05) is 14.2 Å². The maximum Gasteiger partial charge on any atom is 0.336 e. The topological polar surface area (TPSA) is 68.7 Å². The number of ether oxygens (including phenoxy) is 2. The zero-order chi connectivity index (χ0) is 19.0. The van der Waals surface area contributed by atoms with E-state index in [1.807, 2.05) is 48.5 Å². The van der Waals surface area contributed by atoms with E-state index in [1.54, 1.807) is 14.2 Å². The maximum atomic E-state index is 11.9. The van der Waals surface area contributed by atoms with Gasteiger partial charge >= 0.3 is 5.97 Å². The molecule has 1 aromatic heterocycles. The van der Waals surface area contributed by atoms with Gasteiger partial charge in [-0.2, -0.15) is 0 Å². The third-order valence-electron chi connectivity index (χ3n) is 4.92. The van der Waals surface area contributed by atoms with Gasteiger partial charge in [-0.1, -0.05) is 30.3 Å². The van der Waals surface area contributed by atoms with E-state index in [9.17, 15) is 9.90 Å². The van der Waals surface area contributed by atoms with E-state index < -0.39 is 5.97 Å². The Morgan fingerprint density at radius 1 is 1.07 bits per heavy atom. The summed E-state index contributed by atoms with van der Waals surface area (Å²) in [7, 11) is 3.21. The first-order chi connectivity index (χ1) is 13.1. The molecule has 1 heterocycles. The van der Waals surface area contributed by atoms with Gasteiger partial charge in [0, 0.05) is 10.9 Å². The molecule has 0 saturated heterocycles. The lowest BCUT2D eigenvalue weighted by Gasteiger charge is -2.11. The predicted octanol–water partition coefficient (Wildman–Crippen LogP) is 4.44. The molecule has 1 N–H and O–H groups in total. The number of hydrogen-bond donors (Lipinski definition) is 1. The van der Waals surface area contributed by atoms with Crippen molar-refractivity contribution in [3.05, 3.63) is 64.8 Å². The predicted molar refractivity (Wildman–Crippen MR) is 104 cm³/mol. The Bertz CT molecular complexity index is 1090. The second kappa shape index (κ2) is 6.76. The van der Waals surface area contributed by atoms with E-state index in [4.69, 9.17) is 14.5 Å². The van der Waals surface area contributed by atoms with Crippen LogP contribution in [0.2, 0.25) is 0 Å². The number of benzene rings is 2. The number of aromatic carboxylic acids is 1. The molecule has 0 atom stereocenters. The number of carboxylic acids is 1. The van der Waals surface area contributed by atoms with Gasteiger partial charge in [0.2, 0.25) is 0 Å². The molecule has 0 aliphatic heterocycles. The zero-order valence-electron chi connectivity index (χ0n) is 15.2. The average molecular weight is 361 g/mol. The molecule has 2 aromatic carbocycles. The minimum atomic E-state index is -0.912. The molecule has 5 heteroatoms. The molecular formula is C22H19NO4. The van der Waals surface area contributed by atoms with Crippen molar-refractivity contribution in [3.8, 4) is 11.5 Å². The van der Waals surface area contributed by atoms with Crippen molar-refractivity contribution in [3.63, 3.8) is 0 Å². The second-order valence-electron chi connectivity index (χ2n) is 6.39. The van der Waals surface area contributed by atoms with Gasteiger partial charge in [0.05, 0.1) is 31.0 Å². The number of fused-ring (bicyclic) bond motifs is 2. The van der Waals surface area contributed by atoms with Crippen LogP contribution in [0.25, 0.3) is 22.6 Å². The highest BCUT2D eigenvalue weighted by atomic mass is 16.5. The summed E-state index contributed by atoms with van der Waals surface area (Å²) in [6, 6.07) is 13.1. The normalized spacial score (nSPS) is 14.4. The van der Waals surface area contributed by atoms with Gasteiger partial charge in [-0.3, -0.25) is 0 Å². The molecular weight excluding hydrogens is 342 g/mol. The third kappa shape index (κ3) is 2.81. The highest BCUT2D eigenvalue weighted by molar-refractivity contribution is 6.06. The van der Waals surface area contributed by atoms with Crippen molar-refractivity contribution >= 4 is 28.5 Å². The first kappa shape index (κ1) is 17.1. The summed E-state index contributed by atoms with van der Waals surface area (Å²) in [4.78, 5) is 16.7. The number of carbonyl (C=O) groups is 1. The van der Waals surface area contributed by atoms with E-state index in [1.165, 1.54) is 0 Å². The Morgan fingerprint density at radius 2 is 1.89 bits per heavy atom. The van der Waals surface area contributed by atoms with Crippen LogP contribution in [0.3, 0.4) is 0 Å². The number of allylic oxidation sites excluding steroid dienone is 1.